The lowest BCUT2D eigenvalue weighted by atomic mass is 9.97. The second kappa shape index (κ2) is 8.11. The van der Waals surface area contributed by atoms with Gasteiger partial charge in [-0.25, -0.2) is 12.7 Å². The van der Waals surface area contributed by atoms with Gasteiger partial charge < -0.3 is 9.30 Å². The summed E-state index contributed by atoms with van der Waals surface area (Å²) in [7, 11) is -0.691. The van der Waals surface area contributed by atoms with Crippen LogP contribution in [0.3, 0.4) is 0 Å². The van der Waals surface area contributed by atoms with Crippen LogP contribution >= 0.6 is 0 Å². The van der Waals surface area contributed by atoms with Gasteiger partial charge in [-0.05, 0) is 25.8 Å². The van der Waals surface area contributed by atoms with Crippen molar-refractivity contribution in [3.8, 4) is 0 Å². The number of carbonyl (C=O) groups excluding carboxylic acids is 1. The summed E-state index contributed by atoms with van der Waals surface area (Å²) in [6.07, 6.45) is 2.71. The van der Waals surface area contributed by atoms with Crippen LogP contribution in [-0.2, 0) is 26.2 Å². The summed E-state index contributed by atoms with van der Waals surface area (Å²) < 4.78 is 32.0. The number of sulfonamides is 1. The number of piperidine rings is 1. The van der Waals surface area contributed by atoms with Crippen LogP contribution in [0.2, 0.25) is 0 Å². The molecule has 1 aromatic rings. The highest BCUT2D eigenvalue weighted by Gasteiger charge is 2.26. The smallest absolute Gasteiger partial charge is 0.309 e. The number of likely N-dealkylation sites (tertiary alicyclic amines) is 1. The lowest BCUT2D eigenvalue weighted by Crippen LogP contribution is -2.40. The van der Waals surface area contributed by atoms with Gasteiger partial charge in [0.2, 0.25) is 10.0 Å². The molecule has 0 bridgehead atoms. The summed E-state index contributed by atoms with van der Waals surface area (Å²) in [5.41, 5.74) is -0.259. The van der Waals surface area contributed by atoms with Gasteiger partial charge in [-0.15, -0.1) is 0 Å². The van der Waals surface area contributed by atoms with E-state index < -0.39 is 10.0 Å². The van der Waals surface area contributed by atoms with Gasteiger partial charge in [0.15, 0.2) is 0 Å². The van der Waals surface area contributed by atoms with E-state index in [-0.39, 0.29) is 22.3 Å². The quantitative estimate of drug-likeness (QED) is 0.670. The molecule has 8 nitrogen and oxygen atoms in total. The molecule has 1 aliphatic rings. The topological polar surface area (TPSA) is 88.9 Å². The van der Waals surface area contributed by atoms with Gasteiger partial charge in [0.05, 0.1) is 24.1 Å². The second-order valence-corrected chi connectivity index (χ2v) is 8.40. The fraction of sp³-hybridized carbons (Fsp3) is 0.625. The summed E-state index contributed by atoms with van der Waals surface area (Å²) >= 11 is 0. The summed E-state index contributed by atoms with van der Waals surface area (Å²) in [5.74, 6) is -0.272. The van der Waals surface area contributed by atoms with Gasteiger partial charge in [0.1, 0.15) is 0 Å². The number of hydrogen-bond acceptors (Lipinski definition) is 6. The molecule has 140 valence electrons. The van der Waals surface area contributed by atoms with Crippen LogP contribution in [0.15, 0.2) is 28.0 Å². The maximum absolute atomic E-state index is 12.2. The van der Waals surface area contributed by atoms with Crippen LogP contribution in [0.4, 0.5) is 0 Å². The van der Waals surface area contributed by atoms with Crippen molar-refractivity contribution >= 4 is 16.0 Å². The monoisotopic (exact) mass is 371 g/mol. The maximum Gasteiger partial charge on any atom is 0.309 e. The summed E-state index contributed by atoms with van der Waals surface area (Å²) in [5, 5.41) is 0. The molecular weight excluding hydrogens is 346 g/mol. The average molecular weight is 371 g/mol. The van der Waals surface area contributed by atoms with E-state index in [1.54, 1.807) is 6.92 Å². The van der Waals surface area contributed by atoms with E-state index >= 15 is 0 Å². The molecule has 25 heavy (non-hydrogen) atoms. The van der Waals surface area contributed by atoms with Crippen LogP contribution in [0, 0.1) is 5.92 Å². The van der Waals surface area contributed by atoms with E-state index in [2.05, 4.69) is 0 Å². The number of ether oxygens (including phenoxy) is 1. The van der Waals surface area contributed by atoms with Gasteiger partial charge >= 0.3 is 5.97 Å². The summed E-state index contributed by atoms with van der Waals surface area (Å²) in [4.78, 5) is 25.9. The first-order chi connectivity index (χ1) is 11.8. The second-order valence-electron chi connectivity index (χ2n) is 6.25. The molecule has 0 atom stereocenters. The van der Waals surface area contributed by atoms with Crippen molar-refractivity contribution in [2.24, 2.45) is 5.92 Å². The number of carbonyl (C=O) groups is 1. The Morgan fingerprint density at radius 2 is 1.92 bits per heavy atom. The zero-order valence-corrected chi connectivity index (χ0v) is 15.7. The largest absolute Gasteiger partial charge is 0.466 e. The highest BCUT2D eigenvalue weighted by Crippen LogP contribution is 2.19. The first-order valence-electron chi connectivity index (χ1n) is 8.27. The van der Waals surface area contributed by atoms with Gasteiger partial charge in [0.25, 0.3) is 5.56 Å². The molecule has 1 aliphatic heterocycles. The molecule has 2 rings (SSSR count). The third-order valence-corrected chi connectivity index (χ3v) is 6.09. The number of aromatic nitrogens is 1. The van der Waals surface area contributed by atoms with Crippen LogP contribution in [0.25, 0.3) is 0 Å². The Kier molecular flexibility index (Phi) is 6.36. The van der Waals surface area contributed by atoms with Crippen LogP contribution in [0.1, 0.15) is 19.8 Å². The molecule has 0 aliphatic carbocycles. The molecule has 1 fully saturated rings. The van der Waals surface area contributed by atoms with Crippen LogP contribution in [-0.4, -0.2) is 62.0 Å². The molecule has 1 saturated heterocycles. The molecule has 9 heteroatoms. The zero-order chi connectivity index (χ0) is 18.6. The van der Waals surface area contributed by atoms with E-state index in [0.29, 0.717) is 39.2 Å². The number of esters is 1. The molecule has 0 amide bonds. The molecule has 0 saturated carbocycles. The maximum atomic E-state index is 12.2. The first kappa shape index (κ1) is 19.6. The highest BCUT2D eigenvalue weighted by atomic mass is 32.2. The molecule has 0 N–H and O–H groups in total. The standard InChI is InChI=1S/C16H25N3O5S/c1-4-24-16(21)13-7-9-18(10-8-13)12-19-11-14(5-6-15(19)20)25(22,23)17(2)3/h5-6,11,13H,4,7-10,12H2,1-3H3. The van der Waals surface area contributed by atoms with Crippen molar-refractivity contribution in [3.63, 3.8) is 0 Å². The molecule has 0 spiro atoms. The Bertz CT molecular complexity index is 764. The highest BCUT2D eigenvalue weighted by molar-refractivity contribution is 7.89. The third-order valence-electron chi connectivity index (χ3n) is 4.29. The van der Waals surface area contributed by atoms with Crippen molar-refractivity contribution in [1.82, 2.24) is 13.8 Å². The number of hydrogen-bond donors (Lipinski definition) is 0. The molecule has 0 unspecified atom stereocenters. The Balaban J connectivity index is 2.07. The fourth-order valence-corrected chi connectivity index (χ4v) is 3.69. The number of rotatable bonds is 6. The van der Waals surface area contributed by atoms with Crippen molar-refractivity contribution in [2.75, 3.05) is 33.8 Å². The summed E-state index contributed by atoms with van der Waals surface area (Å²) in [6, 6.07) is 2.59. The lowest BCUT2D eigenvalue weighted by molar-refractivity contribution is -0.149. The molecule has 1 aromatic heterocycles. The van der Waals surface area contributed by atoms with E-state index in [1.165, 1.54) is 37.0 Å². The fourth-order valence-electron chi connectivity index (χ4n) is 2.77. The van der Waals surface area contributed by atoms with Crippen molar-refractivity contribution in [3.05, 3.63) is 28.7 Å². The lowest BCUT2D eigenvalue weighted by Gasteiger charge is -2.31. The molecular formula is C16H25N3O5S. The van der Waals surface area contributed by atoms with Crippen LogP contribution < -0.4 is 5.56 Å². The minimum absolute atomic E-state index is 0.0820. The predicted molar refractivity (Wildman–Crippen MR) is 92.5 cm³/mol. The molecule has 0 aromatic carbocycles. The Labute approximate surface area is 148 Å². The Morgan fingerprint density at radius 3 is 2.48 bits per heavy atom. The minimum Gasteiger partial charge on any atom is -0.466 e. The van der Waals surface area contributed by atoms with Gasteiger partial charge in [0, 0.05) is 39.4 Å². The van der Waals surface area contributed by atoms with Gasteiger partial charge in [-0.3, -0.25) is 14.5 Å². The van der Waals surface area contributed by atoms with Crippen molar-refractivity contribution in [2.45, 2.75) is 31.3 Å². The zero-order valence-electron chi connectivity index (χ0n) is 14.8. The Hall–Kier alpha value is -1.71. The molecule has 0 radical (unpaired) electrons. The summed E-state index contributed by atoms with van der Waals surface area (Å²) in [6.45, 7) is 3.77. The average Bonchev–Trinajstić information content (AvgIpc) is 2.57. The SMILES string of the molecule is CCOC(=O)C1CCN(Cn2cc(S(=O)(=O)N(C)C)ccc2=O)CC1. The number of pyridine rings is 1. The van der Waals surface area contributed by atoms with E-state index in [9.17, 15) is 18.0 Å². The van der Waals surface area contributed by atoms with Crippen molar-refractivity contribution < 1.29 is 17.9 Å². The van der Waals surface area contributed by atoms with Crippen LogP contribution in [0.5, 0.6) is 0 Å². The predicted octanol–water partition coefficient (Wildman–Crippen LogP) is 0.331. The van der Waals surface area contributed by atoms with Gasteiger partial charge in [-0.1, -0.05) is 0 Å². The van der Waals surface area contributed by atoms with Gasteiger partial charge in [-0.2, -0.15) is 0 Å². The third kappa shape index (κ3) is 4.68. The number of nitrogens with zero attached hydrogens (tertiary/aromatic N) is 3. The normalized spacial score (nSPS) is 17.0. The van der Waals surface area contributed by atoms with E-state index in [1.807, 2.05) is 4.90 Å². The van der Waals surface area contributed by atoms with E-state index in [0.717, 1.165) is 4.31 Å². The minimum atomic E-state index is -3.59. The first-order valence-corrected chi connectivity index (χ1v) is 9.71. The Morgan fingerprint density at radius 1 is 1.28 bits per heavy atom. The van der Waals surface area contributed by atoms with Crippen molar-refractivity contribution in [1.29, 1.82) is 0 Å². The van der Waals surface area contributed by atoms with E-state index in [4.69, 9.17) is 4.74 Å². The molecule has 2 heterocycles.